The van der Waals surface area contributed by atoms with Gasteiger partial charge >= 0.3 is 0 Å². The van der Waals surface area contributed by atoms with Crippen molar-refractivity contribution in [2.45, 2.75) is 76.4 Å². The zero-order valence-electron chi connectivity index (χ0n) is 10.3. The Morgan fingerprint density at radius 1 is 1.33 bits per heavy atom. The average molecular weight is 210 g/mol. The largest absolute Gasteiger partial charge is 0.311 e. The molecule has 0 aromatic carbocycles. The summed E-state index contributed by atoms with van der Waals surface area (Å²) in [6.07, 6.45) is 9.48. The maximum Gasteiger partial charge on any atom is 0.0196 e. The molecule has 1 spiro atoms. The highest BCUT2D eigenvalue weighted by Crippen LogP contribution is 2.38. The second-order valence-electron chi connectivity index (χ2n) is 5.43. The lowest BCUT2D eigenvalue weighted by Crippen LogP contribution is -2.60. The van der Waals surface area contributed by atoms with E-state index in [1.54, 1.807) is 0 Å². The van der Waals surface area contributed by atoms with Crippen LogP contribution in [0.1, 0.15) is 58.8 Å². The molecule has 0 amide bonds. The molecule has 2 heteroatoms. The summed E-state index contributed by atoms with van der Waals surface area (Å²) >= 11 is 0. The summed E-state index contributed by atoms with van der Waals surface area (Å²) in [5.74, 6) is 0. The molecule has 2 aliphatic rings. The van der Waals surface area contributed by atoms with Crippen LogP contribution in [0.25, 0.3) is 0 Å². The molecule has 0 aromatic heterocycles. The van der Waals surface area contributed by atoms with Gasteiger partial charge in [0.05, 0.1) is 0 Å². The molecule has 1 saturated heterocycles. The SMILES string of the molecule is CCC(CC)NC1CCNC2(CCC2)C1. The molecule has 1 aliphatic heterocycles. The summed E-state index contributed by atoms with van der Waals surface area (Å²) in [7, 11) is 0. The average Bonchev–Trinajstić information content (AvgIpc) is 2.24. The molecule has 2 N–H and O–H groups in total. The summed E-state index contributed by atoms with van der Waals surface area (Å²) in [5, 5.41) is 7.57. The van der Waals surface area contributed by atoms with E-state index in [4.69, 9.17) is 0 Å². The van der Waals surface area contributed by atoms with Crippen molar-refractivity contribution in [2.24, 2.45) is 0 Å². The summed E-state index contributed by atoms with van der Waals surface area (Å²) in [5.41, 5.74) is 0.544. The highest BCUT2D eigenvalue weighted by atomic mass is 15.1. The fourth-order valence-electron chi connectivity index (χ4n) is 3.14. The van der Waals surface area contributed by atoms with Crippen LogP contribution in [0.2, 0.25) is 0 Å². The number of nitrogens with one attached hydrogen (secondary N) is 2. The van der Waals surface area contributed by atoms with E-state index in [2.05, 4.69) is 24.5 Å². The van der Waals surface area contributed by atoms with E-state index < -0.39 is 0 Å². The molecule has 0 radical (unpaired) electrons. The van der Waals surface area contributed by atoms with Crippen molar-refractivity contribution in [1.82, 2.24) is 10.6 Å². The molecule has 1 saturated carbocycles. The Hall–Kier alpha value is -0.0800. The molecule has 2 fully saturated rings. The van der Waals surface area contributed by atoms with Crippen molar-refractivity contribution in [3.05, 3.63) is 0 Å². The lowest BCUT2D eigenvalue weighted by molar-refractivity contribution is 0.114. The molecule has 2 rings (SSSR count). The van der Waals surface area contributed by atoms with Crippen molar-refractivity contribution >= 4 is 0 Å². The topological polar surface area (TPSA) is 24.1 Å². The van der Waals surface area contributed by atoms with Crippen LogP contribution in [0.3, 0.4) is 0 Å². The van der Waals surface area contributed by atoms with Crippen molar-refractivity contribution < 1.29 is 0 Å². The van der Waals surface area contributed by atoms with Gasteiger partial charge in [-0.3, -0.25) is 0 Å². The minimum atomic E-state index is 0.544. The van der Waals surface area contributed by atoms with Crippen molar-refractivity contribution in [3.8, 4) is 0 Å². The van der Waals surface area contributed by atoms with Crippen LogP contribution < -0.4 is 10.6 Å². The van der Waals surface area contributed by atoms with Crippen LogP contribution in [0, 0.1) is 0 Å². The van der Waals surface area contributed by atoms with E-state index in [1.807, 2.05) is 0 Å². The summed E-state index contributed by atoms with van der Waals surface area (Å²) < 4.78 is 0. The van der Waals surface area contributed by atoms with Gasteiger partial charge < -0.3 is 10.6 Å². The second-order valence-corrected chi connectivity index (χ2v) is 5.43. The Morgan fingerprint density at radius 2 is 2.07 bits per heavy atom. The van der Waals surface area contributed by atoms with E-state index in [-0.39, 0.29) is 0 Å². The molecule has 1 heterocycles. The lowest BCUT2D eigenvalue weighted by Gasteiger charge is -2.49. The fourth-order valence-corrected chi connectivity index (χ4v) is 3.14. The van der Waals surface area contributed by atoms with Gasteiger partial charge in [0.25, 0.3) is 0 Å². The third-order valence-corrected chi connectivity index (χ3v) is 4.40. The third-order valence-electron chi connectivity index (χ3n) is 4.40. The molecular formula is C13H26N2. The van der Waals surface area contributed by atoms with Crippen LogP contribution in [0.15, 0.2) is 0 Å². The second kappa shape index (κ2) is 4.84. The van der Waals surface area contributed by atoms with Gasteiger partial charge in [0.2, 0.25) is 0 Å². The quantitative estimate of drug-likeness (QED) is 0.745. The van der Waals surface area contributed by atoms with Crippen molar-refractivity contribution in [2.75, 3.05) is 6.54 Å². The highest BCUT2D eigenvalue weighted by Gasteiger charge is 2.40. The Kier molecular flexibility index (Phi) is 3.68. The zero-order chi connectivity index (χ0) is 10.7. The monoisotopic (exact) mass is 210 g/mol. The molecule has 1 atom stereocenters. The molecule has 88 valence electrons. The summed E-state index contributed by atoms with van der Waals surface area (Å²) in [6.45, 7) is 5.81. The maximum absolute atomic E-state index is 3.84. The van der Waals surface area contributed by atoms with E-state index in [0.717, 1.165) is 12.1 Å². The van der Waals surface area contributed by atoms with Gasteiger partial charge in [-0.05, 0) is 51.5 Å². The van der Waals surface area contributed by atoms with Crippen molar-refractivity contribution in [3.63, 3.8) is 0 Å². The van der Waals surface area contributed by atoms with Crippen LogP contribution in [-0.2, 0) is 0 Å². The van der Waals surface area contributed by atoms with Gasteiger partial charge in [0.1, 0.15) is 0 Å². The molecule has 0 bridgehead atoms. The molecule has 15 heavy (non-hydrogen) atoms. The Balaban J connectivity index is 1.82. The molecule has 2 nitrogen and oxygen atoms in total. The van der Waals surface area contributed by atoms with Crippen molar-refractivity contribution in [1.29, 1.82) is 0 Å². The minimum Gasteiger partial charge on any atom is -0.311 e. The predicted octanol–water partition coefficient (Wildman–Crippen LogP) is 2.44. The van der Waals surface area contributed by atoms with Crippen LogP contribution in [-0.4, -0.2) is 24.2 Å². The summed E-state index contributed by atoms with van der Waals surface area (Å²) in [4.78, 5) is 0. The first kappa shape index (κ1) is 11.4. The minimum absolute atomic E-state index is 0.544. The predicted molar refractivity (Wildman–Crippen MR) is 65.1 cm³/mol. The maximum atomic E-state index is 3.84. The highest BCUT2D eigenvalue weighted by molar-refractivity contribution is 5.02. The molecular weight excluding hydrogens is 184 g/mol. The smallest absolute Gasteiger partial charge is 0.0196 e. The molecule has 1 unspecified atom stereocenters. The molecule has 1 aliphatic carbocycles. The third kappa shape index (κ3) is 2.54. The fraction of sp³-hybridized carbons (Fsp3) is 1.00. The molecule has 0 aromatic rings. The van der Waals surface area contributed by atoms with E-state index in [9.17, 15) is 0 Å². The van der Waals surface area contributed by atoms with Gasteiger partial charge in [-0.2, -0.15) is 0 Å². The lowest BCUT2D eigenvalue weighted by atomic mass is 9.70. The number of hydrogen-bond acceptors (Lipinski definition) is 2. The first-order chi connectivity index (χ1) is 7.28. The van der Waals surface area contributed by atoms with Crippen LogP contribution >= 0.6 is 0 Å². The number of piperidine rings is 1. The van der Waals surface area contributed by atoms with E-state index in [1.165, 1.54) is 51.5 Å². The van der Waals surface area contributed by atoms with Gasteiger partial charge in [0.15, 0.2) is 0 Å². The van der Waals surface area contributed by atoms with Crippen LogP contribution in [0.4, 0.5) is 0 Å². The first-order valence-corrected chi connectivity index (χ1v) is 6.79. The normalized spacial score (nSPS) is 29.4. The Morgan fingerprint density at radius 3 is 2.60 bits per heavy atom. The Bertz CT molecular complexity index is 195. The first-order valence-electron chi connectivity index (χ1n) is 6.79. The van der Waals surface area contributed by atoms with Gasteiger partial charge in [-0.25, -0.2) is 0 Å². The van der Waals surface area contributed by atoms with E-state index >= 15 is 0 Å². The van der Waals surface area contributed by atoms with Gasteiger partial charge in [-0.15, -0.1) is 0 Å². The van der Waals surface area contributed by atoms with Crippen LogP contribution in [0.5, 0.6) is 0 Å². The van der Waals surface area contributed by atoms with E-state index in [0.29, 0.717) is 5.54 Å². The standard InChI is InChI=1S/C13H26N2/c1-3-11(4-2)15-12-6-9-14-13(10-12)7-5-8-13/h11-12,14-15H,3-10H2,1-2H3. The Labute approximate surface area is 94.2 Å². The van der Waals surface area contributed by atoms with Gasteiger partial charge in [0, 0.05) is 17.6 Å². The zero-order valence-corrected chi connectivity index (χ0v) is 10.3. The number of hydrogen-bond donors (Lipinski definition) is 2. The summed E-state index contributed by atoms with van der Waals surface area (Å²) in [6, 6.07) is 1.52. The van der Waals surface area contributed by atoms with Gasteiger partial charge in [-0.1, -0.05) is 13.8 Å². The number of rotatable bonds is 4.